The van der Waals surface area contributed by atoms with Crippen LogP contribution in [0.25, 0.3) is 11.5 Å². The van der Waals surface area contributed by atoms with Crippen LogP contribution < -0.4 is 0 Å². The number of oxazole rings is 1. The van der Waals surface area contributed by atoms with Crippen LogP contribution >= 0.6 is 15.9 Å². The van der Waals surface area contributed by atoms with Gasteiger partial charge in [0.2, 0.25) is 11.7 Å². The molecule has 0 aliphatic carbocycles. The SMILES string of the molecule is CC(C)c1nc(-c2ccoc2Br)oc1C(=O)O. The summed E-state index contributed by atoms with van der Waals surface area (Å²) in [6.07, 6.45) is 1.47. The van der Waals surface area contributed by atoms with Gasteiger partial charge in [0.1, 0.15) is 0 Å². The van der Waals surface area contributed by atoms with Crippen LogP contribution in [0.2, 0.25) is 0 Å². The number of hydrogen-bond donors (Lipinski definition) is 1. The van der Waals surface area contributed by atoms with E-state index in [4.69, 9.17) is 13.9 Å². The van der Waals surface area contributed by atoms with E-state index in [-0.39, 0.29) is 17.6 Å². The molecule has 0 aliphatic rings. The number of furan rings is 1. The molecular weight excluding hydrogens is 290 g/mol. The van der Waals surface area contributed by atoms with Gasteiger partial charge in [-0.1, -0.05) is 13.8 Å². The van der Waals surface area contributed by atoms with Gasteiger partial charge in [0.05, 0.1) is 17.5 Å². The number of carboxylic acids is 1. The van der Waals surface area contributed by atoms with Crippen LogP contribution in [0.1, 0.15) is 36.0 Å². The van der Waals surface area contributed by atoms with Gasteiger partial charge in [-0.25, -0.2) is 9.78 Å². The molecule has 6 heteroatoms. The fourth-order valence-corrected chi connectivity index (χ4v) is 1.85. The van der Waals surface area contributed by atoms with Crippen LogP contribution in [0, 0.1) is 0 Å². The lowest BCUT2D eigenvalue weighted by molar-refractivity contribution is 0.0661. The van der Waals surface area contributed by atoms with E-state index < -0.39 is 5.97 Å². The third-order valence-electron chi connectivity index (χ3n) is 2.24. The molecule has 0 unspecified atom stereocenters. The fourth-order valence-electron chi connectivity index (χ4n) is 1.44. The van der Waals surface area contributed by atoms with E-state index in [0.717, 1.165) is 0 Å². The molecule has 0 aromatic carbocycles. The van der Waals surface area contributed by atoms with Gasteiger partial charge in [-0.15, -0.1) is 0 Å². The Kier molecular flexibility index (Phi) is 3.06. The first-order chi connectivity index (χ1) is 8.00. The van der Waals surface area contributed by atoms with Gasteiger partial charge in [0.25, 0.3) is 0 Å². The van der Waals surface area contributed by atoms with Crippen molar-refractivity contribution in [3.63, 3.8) is 0 Å². The van der Waals surface area contributed by atoms with Crippen molar-refractivity contribution in [3.8, 4) is 11.5 Å². The predicted molar refractivity (Wildman–Crippen MR) is 63.0 cm³/mol. The van der Waals surface area contributed by atoms with E-state index >= 15 is 0 Å². The molecule has 0 spiro atoms. The fraction of sp³-hybridized carbons (Fsp3) is 0.273. The highest BCUT2D eigenvalue weighted by molar-refractivity contribution is 9.10. The maximum Gasteiger partial charge on any atom is 0.373 e. The topological polar surface area (TPSA) is 76.5 Å². The summed E-state index contributed by atoms with van der Waals surface area (Å²) in [5.41, 5.74) is 1.03. The molecule has 0 fully saturated rings. The Balaban J connectivity index is 2.55. The smallest absolute Gasteiger partial charge is 0.373 e. The van der Waals surface area contributed by atoms with E-state index in [1.165, 1.54) is 6.26 Å². The van der Waals surface area contributed by atoms with Crippen molar-refractivity contribution in [1.82, 2.24) is 4.98 Å². The Morgan fingerprint density at radius 2 is 2.24 bits per heavy atom. The number of rotatable bonds is 3. The Morgan fingerprint density at radius 1 is 1.53 bits per heavy atom. The third-order valence-corrected chi connectivity index (χ3v) is 2.86. The molecule has 0 bridgehead atoms. The molecule has 0 aliphatic heterocycles. The van der Waals surface area contributed by atoms with E-state index in [9.17, 15) is 4.79 Å². The average molecular weight is 300 g/mol. The Hall–Kier alpha value is -1.56. The van der Waals surface area contributed by atoms with Crippen molar-refractivity contribution in [3.05, 3.63) is 28.5 Å². The zero-order valence-corrected chi connectivity index (χ0v) is 10.8. The molecule has 2 aromatic rings. The van der Waals surface area contributed by atoms with Gasteiger partial charge in [-0.3, -0.25) is 0 Å². The van der Waals surface area contributed by atoms with Crippen LogP contribution in [-0.2, 0) is 0 Å². The molecule has 2 aromatic heterocycles. The first-order valence-electron chi connectivity index (χ1n) is 4.98. The van der Waals surface area contributed by atoms with Crippen molar-refractivity contribution in [2.24, 2.45) is 0 Å². The molecule has 2 heterocycles. The van der Waals surface area contributed by atoms with E-state index in [0.29, 0.717) is 15.9 Å². The first-order valence-corrected chi connectivity index (χ1v) is 5.77. The summed E-state index contributed by atoms with van der Waals surface area (Å²) in [7, 11) is 0. The highest BCUT2D eigenvalue weighted by Crippen LogP contribution is 2.31. The molecule has 1 N–H and O–H groups in total. The molecule has 17 heavy (non-hydrogen) atoms. The monoisotopic (exact) mass is 299 g/mol. The number of aromatic carboxylic acids is 1. The van der Waals surface area contributed by atoms with Gasteiger partial charge >= 0.3 is 5.97 Å². The van der Waals surface area contributed by atoms with Gasteiger partial charge in [0, 0.05) is 0 Å². The standard InChI is InChI=1S/C11H10BrNO4/c1-5(2)7-8(11(14)15)17-10(13-7)6-3-4-16-9(6)12/h3-5H,1-2H3,(H,14,15). The largest absolute Gasteiger partial charge is 0.475 e. The first kappa shape index (κ1) is 11.9. The molecule has 5 nitrogen and oxygen atoms in total. The second-order valence-corrected chi connectivity index (χ2v) is 4.52. The minimum Gasteiger partial charge on any atom is -0.475 e. The van der Waals surface area contributed by atoms with Crippen LogP contribution in [-0.4, -0.2) is 16.1 Å². The van der Waals surface area contributed by atoms with Crippen LogP contribution in [0.5, 0.6) is 0 Å². The van der Waals surface area contributed by atoms with Crippen molar-refractivity contribution in [1.29, 1.82) is 0 Å². The van der Waals surface area contributed by atoms with Crippen molar-refractivity contribution in [2.75, 3.05) is 0 Å². The van der Waals surface area contributed by atoms with Gasteiger partial charge < -0.3 is 13.9 Å². The lowest BCUT2D eigenvalue weighted by Gasteiger charge is -1.98. The molecule has 0 saturated heterocycles. The molecule has 0 atom stereocenters. The lowest BCUT2D eigenvalue weighted by atomic mass is 10.1. The summed E-state index contributed by atoms with van der Waals surface area (Å²) in [6, 6.07) is 1.66. The summed E-state index contributed by atoms with van der Waals surface area (Å²) in [5, 5.41) is 9.03. The minimum absolute atomic E-state index is 0.0238. The Morgan fingerprint density at radius 3 is 2.65 bits per heavy atom. The highest BCUT2D eigenvalue weighted by Gasteiger charge is 2.23. The Bertz CT molecular complexity index is 556. The molecule has 0 radical (unpaired) electrons. The molecule has 0 saturated carbocycles. The zero-order chi connectivity index (χ0) is 12.6. The number of nitrogens with zero attached hydrogens (tertiary/aromatic N) is 1. The second-order valence-electron chi connectivity index (χ2n) is 3.80. The van der Waals surface area contributed by atoms with Crippen LogP contribution in [0.4, 0.5) is 0 Å². The quantitative estimate of drug-likeness (QED) is 0.938. The number of carboxylic acid groups (broad SMARTS) is 1. The van der Waals surface area contributed by atoms with Gasteiger partial charge in [-0.2, -0.15) is 0 Å². The molecule has 0 amide bonds. The number of carbonyl (C=O) groups is 1. The molecule has 90 valence electrons. The van der Waals surface area contributed by atoms with Crippen LogP contribution in [0.3, 0.4) is 0 Å². The normalized spacial score (nSPS) is 11.1. The van der Waals surface area contributed by atoms with Crippen molar-refractivity contribution < 1.29 is 18.7 Å². The summed E-state index contributed by atoms with van der Waals surface area (Å²) >= 11 is 3.20. The predicted octanol–water partition coefficient (Wildman–Crippen LogP) is 3.52. The maximum atomic E-state index is 11.0. The average Bonchev–Trinajstić information content (AvgIpc) is 2.82. The summed E-state index contributed by atoms with van der Waals surface area (Å²) in [5.74, 6) is -1.02. The Labute approximate surface area is 106 Å². The van der Waals surface area contributed by atoms with Crippen molar-refractivity contribution >= 4 is 21.9 Å². The lowest BCUT2D eigenvalue weighted by Crippen LogP contribution is -2.01. The van der Waals surface area contributed by atoms with Gasteiger partial charge in [-0.05, 0) is 27.9 Å². The highest BCUT2D eigenvalue weighted by atomic mass is 79.9. The van der Waals surface area contributed by atoms with Crippen LogP contribution in [0.15, 0.2) is 25.8 Å². The number of halogens is 1. The number of aromatic nitrogens is 1. The second kappa shape index (κ2) is 4.37. The maximum absolute atomic E-state index is 11.0. The van der Waals surface area contributed by atoms with Gasteiger partial charge in [0.15, 0.2) is 4.67 Å². The van der Waals surface area contributed by atoms with E-state index in [1.54, 1.807) is 6.07 Å². The number of hydrogen-bond acceptors (Lipinski definition) is 4. The zero-order valence-electron chi connectivity index (χ0n) is 9.23. The summed E-state index contributed by atoms with van der Waals surface area (Å²) in [6.45, 7) is 3.72. The third kappa shape index (κ3) is 2.12. The van der Waals surface area contributed by atoms with E-state index in [2.05, 4.69) is 20.9 Å². The minimum atomic E-state index is -1.12. The summed E-state index contributed by atoms with van der Waals surface area (Å²) in [4.78, 5) is 15.2. The van der Waals surface area contributed by atoms with E-state index in [1.807, 2.05) is 13.8 Å². The summed E-state index contributed by atoms with van der Waals surface area (Å²) < 4.78 is 10.8. The molecule has 2 rings (SSSR count). The molecular formula is C11H10BrNO4. The van der Waals surface area contributed by atoms with Crippen molar-refractivity contribution in [2.45, 2.75) is 19.8 Å².